The van der Waals surface area contributed by atoms with E-state index in [2.05, 4.69) is 10.6 Å². The number of benzene rings is 2. The normalized spacial score (nSPS) is 15.8. The Morgan fingerprint density at radius 3 is 2.36 bits per heavy atom. The number of phenolic OH excluding ortho intramolecular Hbond substituents is 1. The highest BCUT2D eigenvalue weighted by Crippen LogP contribution is 2.26. The van der Waals surface area contributed by atoms with Crippen LogP contribution in [0.1, 0.15) is 59.9 Å². The maximum absolute atomic E-state index is 13.8. The second kappa shape index (κ2) is 15.3. The summed E-state index contributed by atoms with van der Waals surface area (Å²) in [6.45, 7) is 4.79. The van der Waals surface area contributed by atoms with Gasteiger partial charge in [-0.25, -0.2) is 0 Å². The summed E-state index contributed by atoms with van der Waals surface area (Å²) in [5.41, 5.74) is 16.2. The summed E-state index contributed by atoms with van der Waals surface area (Å²) >= 11 is 0. The predicted octanol–water partition coefficient (Wildman–Crippen LogP) is 1.43. The summed E-state index contributed by atoms with van der Waals surface area (Å²) < 4.78 is 0. The first kappa shape index (κ1) is 32.6. The second-order valence-corrected chi connectivity index (χ2v) is 11.0. The molecule has 0 bridgehead atoms. The van der Waals surface area contributed by atoms with Crippen LogP contribution in [0.5, 0.6) is 5.75 Å². The Kier molecular flexibility index (Phi) is 11.9. The molecule has 3 amide bonds. The third kappa shape index (κ3) is 8.77. The molecule has 11 nitrogen and oxygen atoms in total. The molecule has 0 saturated heterocycles. The molecule has 11 heteroatoms. The molecule has 8 N–H and O–H groups in total. The molecule has 0 radical (unpaired) electrons. The van der Waals surface area contributed by atoms with Crippen molar-refractivity contribution in [3.8, 4) is 5.75 Å². The molecule has 42 heavy (non-hydrogen) atoms. The molecule has 2 aromatic rings. The Bertz CT molecular complexity index is 1260. The van der Waals surface area contributed by atoms with Crippen LogP contribution in [0, 0.1) is 13.8 Å². The van der Waals surface area contributed by atoms with Crippen LogP contribution in [0.3, 0.4) is 0 Å². The Hall–Kier alpha value is -3.96. The van der Waals surface area contributed by atoms with Gasteiger partial charge in [-0.15, -0.1) is 0 Å². The maximum atomic E-state index is 13.8. The van der Waals surface area contributed by atoms with Gasteiger partial charge in [0, 0.05) is 25.9 Å². The predicted molar refractivity (Wildman–Crippen MR) is 158 cm³/mol. The van der Waals surface area contributed by atoms with Gasteiger partial charge in [0.1, 0.15) is 17.8 Å². The van der Waals surface area contributed by atoms with Gasteiger partial charge in [-0.1, -0.05) is 30.7 Å². The van der Waals surface area contributed by atoms with Crippen LogP contribution in [0.2, 0.25) is 0 Å². The zero-order chi connectivity index (χ0) is 30.8. The quantitative estimate of drug-likeness (QED) is 0.181. The molecule has 0 unspecified atom stereocenters. The first-order valence-electron chi connectivity index (χ1n) is 14.4. The lowest BCUT2D eigenvalue weighted by atomic mass is 9.91. The highest BCUT2D eigenvalue weighted by atomic mass is 16.4. The molecule has 3 rings (SSSR count). The number of carboxylic acids is 1. The average Bonchev–Trinajstić information content (AvgIpc) is 2.95. The van der Waals surface area contributed by atoms with Gasteiger partial charge in [-0.05, 0) is 86.0 Å². The van der Waals surface area contributed by atoms with Crippen LogP contribution in [-0.4, -0.2) is 70.0 Å². The smallest absolute Gasteiger partial charge is 0.303 e. The summed E-state index contributed by atoms with van der Waals surface area (Å²) in [7, 11) is 0. The summed E-state index contributed by atoms with van der Waals surface area (Å²) in [6, 6.07) is 7.80. The van der Waals surface area contributed by atoms with Crippen LogP contribution in [0.4, 0.5) is 0 Å². The first-order chi connectivity index (χ1) is 20.0. The van der Waals surface area contributed by atoms with Gasteiger partial charge in [0.15, 0.2) is 0 Å². The Morgan fingerprint density at radius 1 is 1.05 bits per heavy atom. The lowest BCUT2D eigenvalue weighted by molar-refractivity contribution is -0.143. The van der Waals surface area contributed by atoms with Crippen molar-refractivity contribution in [2.24, 2.45) is 11.5 Å². The van der Waals surface area contributed by atoms with E-state index in [1.165, 1.54) is 4.90 Å². The van der Waals surface area contributed by atoms with E-state index in [1.807, 2.05) is 38.1 Å². The fourth-order valence-electron chi connectivity index (χ4n) is 5.39. The number of carbonyl (C=O) groups excluding carboxylic acids is 3. The summed E-state index contributed by atoms with van der Waals surface area (Å²) in [6.07, 6.45) is 2.42. The molecule has 3 atom stereocenters. The van der Waals surface area contributed by atoms with Crippen molar-refractivity contribution in [1.29, 1.82) is 0 Å². The number of nitrogens with two attached hydrogens (primary N) is 2. The van der Waals surface area contributed by atoms with Gasteiger partial charge in [-0.2, -0.15) is 0 Å². The molecule has 1 aliphatic rings. The van der Waals surface area contributed by atoms with Crippen LogP contribution >= 0.6 is 0 Å². The molecular formula is C31H43N5O6. The number of amides is 3. The monoisotopic (exact) mass is 581 g/mol. The second-order valence-electron chi connectivity index (χ2n) is 11.0. The van der Waals surface area contributed by atoms with Gasteiger partial charge >= 0.3 is 5.97 Å². The van der Waals surface area contributed by atoms with Gasteiger partial charge in [0.2, 0.25) is 17.7 Å². The average molecular weight is 582 g/mol. The van der Waals surface area contributed by atoms with Crippen molar-refractivity contribution in [3.63, 3.8) is 0 Å². The van der Waals surface area contributed by atoms with Gasteiger partial charge in [-0.3, -0.25) is 19.2 Å². The Labute approximate surface area is 246 Å². The standard InChI is InChI=1S/C31H43N5O6/c1-19-14-23(37)15-20(2)24(19)17-25(33)31(42)36-18-22-9-5-4-8-21(22)16-27(36)30(41)35-26(10-11-28(38)39)29(40)34-13-7-3-6-12-32/h4-5,8-9,14-15,25-27,37H,3,6-7,10-13,16-18,32-33H2,1-2H3,(H,34,40)(H,35,41)(H,38,39)/t25-,26-,27-/m0/s1. The van der Waals surface area contributed by atoms with Crippen molar-refractivity contribution in [3.05, 3.63) is 64.2 Å². The van der Waals surface area contributed by atoms with E-state index in [0.29, 0.717) is 19.5 Å². The number of aromatic hydroxyl groups is 1. The van der Waals surface area contributed by atoms with Gasteiger partial charge < -0.3 is 37.2 Å². The SMILES string of the molecule is Cc1cc(O)cc(C)c1C[C@H](N)C(=O)N1Cc2ccccc2C[C@H]1C(=O)N[C@@H](CCC(=O)O)C(=O)NCCCCCN. The van der Waals surface area contributed by atoms with E-state index in [9.17, 15) is 29.4 Å². The van der Waals surface area contributed by atoms with Crippen molar-refractivity contribution >= 4 is 23.7 Å². The molecule has 228 valence electrons. The minimum atomic E-state index is -1.08. The van der Waals surface area contributed by atoms with E-state index in [0.717, 1.165) is 40.7 Å². The number of carbonyl (C=O) groups is 4. The Morgan fingerprint density at radius 2 is 1.71 bits per heavy atom. The molecule has 0 saturated carbocycles. The number of hydrogen-bond donors (Lipinski definition) is 6. The molecule has 2 aromatic carbocycles. The van der Waals surface area contributed by atoms with E-state index >= 15 is 0 Å². The fraction of sp³-hybridized carbons (Fsp3) is 0.484. The molecule has 1 heterocycles. The van der Waals surface area contributed by atoms with Gasteiger partial charge in [0.05, 0.1) is 6.04 Å². The third-order valence-corrected chi connectivity index (χ3v) is 7.72. The minimum Gasteiger partial charge on any atom is -0.508 e. The first-order valence-corrected chi connectivity index (χ1v) is 14.4. The number of aryl methyl sites for hydroxylation is 2. The third-order valence-electron chi connectivity index (χ3n) is 7.72. The lowest BCUT2D eigenvalue weighted by Gasteiger charge is -2.38. The summed E-state index contributed by atoms with van der Waals surface area (Å²) in [4.78, 5) is 53.2. The van der Waals surface area contributed by atoms with Crippen LogP contribution in [0.15, 0.2) is 36.4 Å². The van der Waals surface area contributed by atoms with Crippen molar-refractivity contribution in [1.82, 2.24) is 15.5 Å². The number of aliphatic carboxylic acids is 1. The number of unbranched alkanes of at least 4 members (excludes halogenated alkanes) is 2. The number of nitrogens with one attached hydrogen (secondary N) is 2. The fourth-order valence-corrected chi connectivity index (χ4v) is 5.39. The largest absolute Gasteiger partial charge is 0.508 e. The van der Waals surface area contributed by atoms with Crippen LogP contribution in [-0.2, 0) is 38.6 Å². The van der Waals surface area contributed by atoms with Crippen LogP contribution < -0.4 is 22.1 Å². The highest BCUT2D eigenvalue weighted by molar-refractivity contribution is 5.94. The maximum Gasteiger partial charge on any atom is 0.303 e. The summed E-state index contributed by atoms with van der Waals surface area (Å²) in [5, 5.41) is 24.6. The minimum absolute atomic E-state index is 0.0914. The molecular weight excluding hydrogens is 538 g/mol. The zero-order valence-electron chi connectivity index (χ0n) is 24.4. The van der Waals surface area contributed by atoms with Crippen molar-refractivity contribution in [2.45, 2.75) is 83.5 Å². The number of rotatable bonds is 14. The van der Waals surface area contributed by atoms with Crippen LogP contribution in [0.25, 0.3) is 0 Å². The number of hydrogen-bond acceptors (Lipinski definition) is 7. The van der Waals surface area contributed by atoms with E-state index < -0.39 is 41.8 Å². The van der Waals surface area contributed by atoms with E-state index in [-0.39, 0.29) is 38.0 Å². The summed E-state index contributed by atoms with van der Waals surface area (Å²) in [5.74, 6) is -2.38. The topological polar surface area (TPSA) is 188 Å². The van der Waals surface area contributed by atoms with E-state index in [4.69, 9.17) is 11.5 Å². The lowest BCUT2D eigenvalue weighted by Crippen LogP contribution is -2.59. The van der Waals surface area contributed by atoms with E-state index in [1.54, 1.807) is 12.1 Å². The van der Waals surface area contributed by atoms with Crippen molar-refractivity contribution in [2.75, 3.05) is 13.1 Å². The number of carboxylic acid groups (broad SMARTS) is 1. The number of fused-ring (bicyclic) bond motifs is 1. The molecule has 0 spiro atoms. The van der Waals surface area contributed by atoms with Crippen molar-refractivity contribution < 1.29 is 29.4 Å². The molecule has 0 aromatic heterocycles. The highest BCUT2D eigenvalue weighted by Gasteiger charge is 2.38. The molecule has 0 fully saturated rings. The number of phenols is 1. The Balaban J connectivity index is 1.81. The molecule has 0 aliphatic carbocycles. The number of nitrogens with zero attached hydrogens (tertiary/aromatic N) is 1. The van der Waals surface area contributed by atoms with Gasteiger partial charge in [0.25, 0.3) is 0 Å². The zero-order valence-corrected chi connectivity index (χ0v) is 24.4. The molecule has 1 aliphatic heterocycles.